The summed E-state index contributed by atoms with van der Waals surface area (Å²) >= 11 is 6.85. The van der Waals surface area contributed by atoms with Gasteiger partial charge in [-0.25, -0.2) is 0 Å². The van der Waals surface area contributed by atoms with E-state index in [1.165, 1.54) is 0 Å². The van der Waals surface area contributed by atoms with Gasteiger partial charge in [0, 0.05) is 30.4 Å². The number of carbonyl (C=O) groups is 1. The zero-order chi connectivity index (χ0) is 35.7. The molecule has 2 aliphatic heterocycles. The van der Waals surface area contributed by atoms with Crippen LogP contribution in [0.25, 0.3) is 0 Å². The third kappa shape index (κ3) is 9.19. The summed E-state index contributed by atoms with van der Waals surface area (Å²) in [6.07, 6.45) is 3.57. The predicted molar refractivity (Wildman–Crippen MR) is 192 cm³/mol. The Bertz CT molecular complexity index is 1330. The van der Waals surface area contributed by atoms with Gasteiger partial charge in [-0.1, -0.05) is 69.8 Å². The van der Waals surface area contributed by atoms with Crippen LogP contribution in [-0.2, 0) is 45.4 Å². The lowest BCUT2D eigenvalue weighted by Crippen LogP contribution is -2.70. The molecule has 6 atom stereocenters. The van der Waals surface area contributed by atoms with Gasteiger partial charge in [0.25, 0.3) is 0 Å². The molecule has 2 aromatic carbocycles. The van der Waals surface area contributed by atoms with E-state index < -0.39 is 41.2 Å². The van der Waals surface area contributed by atoms with E-state index in [1.807, 2.05) is 58.9 Å². The maximum absolute atomic E-state index is 13.3. The van der Waals surface area contributed by atoms with Crippen molar-refractivity contribution in [2.75, 3.05) is 33.0 Å². The Hall–Kier alpha value is -2.20. The number of fused-ring (bicyclic) bond motifs is 2. The zero-order valence-corrected chi connectivity index (χ0v) is 31.7. The number of esters is 1. The van der Waals surface area contributed by atoms with E-state index in [-0.39, 0.29) is 12.6 Å². The van der Waals surface area contributed by atoms with Gasteiger partial charge < -0.3 is 33.2 Å². The normalized spacial score (nSPS) is 25.7. The van der Waals surface area contributed by atoms with Gasteiger partial charge in [-0.05, 0) is 95.7 Å². The first-order valence-corrected chi connectivity index (χ1v) is 18.7. The molecule has 0 spiro atoms. The lowest BCUT2D eigenvalue weighted by Gasteiger charge is -2.52. The van der Waals surface area contributed by atoms with E-state index >= 15 is 0 Å². The molecule has 2 saturated heterocycles. The molecule has 1 unspecified atom stereocenters. The van der Waals surface area contributed by atoms with Crippen LogP contribution in [-0.4, -0.2) is 69.0 Å². The van der Waals surface area contributed by atoms with Gasteiger partial charge in [-0.2, -0.15) is 0 Å². The summed E-state index contributed by atoms with van der Waals surface area (Å²) in [5, 5.41) is 0.640. The Morgan fingerprint density at radius 1 is 0.898 bits per heavy atom. The number of halogens is 1. The highest BCUT2D eigenvalue weighted by Gasteiger charge is 2.71. The van der Waals surface area contributed by atoms with Crippen LogP contribution in [0.4, 0.5) is 0 Å². The van der Waals surface area contributed by atoms with Crippen LogP contribution < -0.4 is 4.74 Å². The van der Waals surface area contributed by atoms with Crippen LogP contribution >= 0.6 is 11.6 Å². The molecule has 2 heterocycles. The molecule has 49 heavy (non-hydrogen) atoms. The third-order valence-corrected chi connectivity index (χ3v) is 9.74. The maximum Gasteiger partial charge on any atom is 0.311 e. The Labute approximate surface area is 299 Å². The summed E-state index contributed by atoms with van der Waals surface area (Å²) < 4.78 is 46.3. The van der Waals surface area contributed by atoms with Gasteiger partial charge in [0.2, 0.25) is 5.79 Å². The van der Waals surface area contributed by atoms with Crippen LogP contribution in [0.1, 0.15) is 111 Å². The molecular formula is C40H59ClO8. The molecule has 0 aliphatic carbocycles. The Balaban J connectivity index is 1.83. The lowest BCUT2D eigenvalue weighted by atomic mass is 9.80. The number of unbranched alkanes of at least 4 members (excludes halogenated alkanes) is 3. The van der Waals surface area contributed by atoms with E-state index in [0.29, 0.717) is 37.9 Å². The highest BCUT2D eigenvalue weighted by molar-refractivity contribution is 6.31. The summed E-state index contributed by atoms with van der Waals surface area (Å²) in [7, 11) is 0. The SMILES string of the molecule is CCCCO[C@@H]1[C@@H](OCCCC)[C@@]2(c3ccc(Cl)c(Cc4ccc(OCC)cc4)c3)OC[C@](C(C)OC(=O)C(C)(C)C)(O2)[C@H]1OCCCC. The van der Waals surface area contributed by atoms with Crippen molar-refractivity contribution < 1.29 is 38.0 Å². The molecule has 2 aromatic rings. The van der Waals surface area contributed by atoms with Crippen LogP contribution in [0.15, 0.2) is 42.5 Å². The number of hydrogen-bond acceptors (Lipinski definition) is 8. The highest BCUT2D eigenvalue weighted by Crippen LogP contribution is 2.54. The molecule has 2 bridgehead atoms. The van der Waals surface area contributed by atoms with Crippen molar-refractivity contribution in [3.8, 4) is 5.75 Å². The summed E-state index contributed by atoms with van der Waals surface area (Å²) in [5.41, 5.74) is 0.919. The number of carbonyl (C=O) groups excluding carboxylic acids is 1. The van der Waals surface area contributed by atoms with Gasteiger partial charge in [0.05, 0.1) is 18.6 Å². The molecule has 0 aromatic heterocycles. The van der Waals surface area contributed by atoms with E-state index in [0.717, 1.165) is 61.0 Å². The fourth-order valence-corrected chi connectivity index (χ4v) is 6.56. The van der Waals surface area contributed by atoms with Gasteiger partial charge in [-0.15, -0.1) is 0 Å². The molecular weight excluding hydrogens is 644 g/mol. The van der Waals surface area contributed by atoms with Crippen molar-refractivity contribution in [1.82, 2.24) is 0 Å². The first-order valence-electron chi connectivity index (χ1n) is 18.4. The predicted octanol–water partition coefficient (Wildman–Crippen LogP) is 8.82. The second kappa shape index (κ2) is 17.8. The summed E-state index contributed by atoms with van der Waals surface area (Å²) in [4.78, 5) is 13.3. The van der Waals surface area contributed by atoms with E-state index in [4.69, 9.17) is 44.8 Å². The smallest absolute Gasteiger partial charge is 0.311 e. The lowest BCUT2D eigenvalue weighted by molar-refractivity contribution is -0.356. The molecule has 274 valence electrons. The minimum Gasteiger partial charge on any atom is -0.494 e. The fourth-order valence-electron chi connectivity index (χ4n) is 6.38. The molecule has 8 nitrogen and oxygen atoms in total. The average Bonchev–Trinajstić information content (AvgIpc) is 3.44. The Morgan fingerprint density at radius 2 is 1.51 bits per heavy atom. The van der Waals surface area contributed by atoms with Crippen molar-refractivity contribution >= 4 is 17.6 Å². The molecule has 2 fully saturated rings. The summed E-state index contributed by atoms with van der Waals surface area (Å²) in [6.45, 7) is 18.1. The topological polar surface area (TPSA) is 81.7 Å². The monoisotopic (exact) mass is 702 g/mol. The number of hydrogen-bond donors (Lipinski definition) is 0. The molecule has 0 amide bonds. The van der Waals surface area contributed by atoms with Crippen LogP contribution in [0.5, 0.6) is 5.75 Å². The third-order valence-electron chi connectivity index (χ3n) is 9.37. The molecule has 0 N–H and O–H groups in total. The summed E-state index contributed by atoms with van der Waals surface area (Å²) in [6, 6.07) is 14.0. The first kappa shape index (κ1) is 39.6. The van der Waals surface area contributed by atoms with Gasteiger partial charge >= 0.3 is 5.97 Å². The Kier molecular flexibility index (Phi) is 14.4. The molecule has 0 radical (unpaired) electrons. The van der Waals surface area contributed by atoms with Gasteiger partial charge in [0.1, 0.15) is 30.2 Å². The standard InChI is InChI=1S/C40H59ClO8/c1-9-13-22-44-34-35(45-23-14-10-2)39(28(5)48-37(42)38(6,7)8)27-47-40(49-39,36(34)46-24-15-11-3)31-18-21-33(41)30(26-31)25-29-16-19-32(20-17-29)43-12-4/h16-21,26,28,34-36H,9-15,22-25,27H2,1-8H3/t28?,34-,35-,36+,39+,40-/m0/s1. The van der Waals surface area contributed by atoms with Crippen molar-refractivity contribution in [1.29, 1.82) is 0 Å². The van der Waals surface area contributed by atoms with Crippen molar-refractivity contribution in [3.05, 3.63) is 64.2 Å². The number of rotatable bonds is 19. The molecule has 2 aliphatic rings. The number of benzene rings is 2. The van der Waals surface area contributed by atoms with Gasteiger partial charge in [0.15, 0.2) is 5.60 Å². The quantitative estimate of drug-likeness (QED) is 0.106. The fraction of sp³-hybridized carbons (Fsp3) is 0.675. The van der Waals surface area contributed by atoms with Crippen molar-refractivity contribution in [2.24, 2.45) is 5.41 Å². The minimum absolute atomic E-state index is 0.126. The van der Waals surface area contributed by atoms with E-state index in [9.17, 15) is 4.79 Å². The van der Waals surface area contributed by atoms with Crippen LogP contribution in [0.2, 0.25) is 5.02 Å². The van der Waals surface area contributed by atoms with Crippen molar-refractivity contribution in [2.45, 2.75) is 136 Å². The first-order chi connectivity index (χ1) is 23.5. The molecule has 9 heteroatoms. The maximum atomic E-state index is 13.3. The zero-order valence-electron chi connectivity index (χ0n) is 31.0. The van der Waals surface area contributed by atoms with Crippen LogP contribution in [0.3, 0.4) is 0 Å². The molecule has 0 saturated carbocycles. The largest absolute Gasteiger partial charge is 0.494 e. The average molecular weight is 703 g/mol. The van der Waals surface area contributed by atoms with Gasteiger partial charge in [-0.3, -0.25) is 4.79 Å². The van der Waals surface area contributed by atoms with Crippen LogP contribution in [0, 0.1) is 5.41 Å². The number of ether oxygens (including phenoxy) is 7. The van der Waals surface area contributed by atoms with Crippen molar-refractivity contribution in [3.63, 3.8) is 0 Å². The second-order valence-corrected chi connectivity index (χ2v) is 14.8. The minimum atomic E-state index is -1.37. The second-order valence-electron chi connectivity index (χ2n) is 14.3. The summed E-state index contributed by atoms with van der Waals surface area (Å²) in [5.74, 6) is -0.860. The van der Waals surface area contributed by atoms with E-state index in [2.05, 4.69) is 39.0 Å². The molecule has 4 rings (SSSR count). The highest BCUT2D eigenvalue weighted by atomic mass is 35.5. The Morgan fingerprint density at radius 3 is 2.10 bits per heavy atom. The van der Waals surface area contributed by atoms with E-state index in [1.54, 1.807) is 0 Å².